The molecule has 1 fully saturated rings. The van der Waals surface area contributed by atoms with Gasteiger partial charge in [0.05, 0.1) is 34.7 Å². The molecule has 0 radical (unpaired) electrons. The Morgan fingerprint density at radius 2 is 2.14 bits per heavy atom. The maximum absolute atomic E-state index is 13.4. The Balaban J connectivity index is 0.000000996. The zero-order chi connectivity index (χ0) is 31.3. The number of amides is 1. The highest BCUT2D eigenvalue weighted by atomic mass is 32.2. The van der Waals surface area contributed by atoms with Gasteiger partial charge in [0.2, 0.25) is 5.91 Å². The zero-order valence-corrected chi connectivity index (χ0v) is 26.4. The normalized spacial score (nSPS) is 19.2. The number of thioether (sulfide) groups is 2. The molecule has 0 saturated carbocycles. The van der Waals surface area contributed by atoms with Crippen LogP contribution in [-0.2, 0) is 26.0 Å². The molecule has 21 heteroatoms. The number of aromatic nitrogens is 4. The van der Waals surface area contributed by atoms with Crippen molar-refractivity contribution < 1.29 is 38.8 Å². The molecule has 4 atom stereocenters. The molecule has 1 amide bonds. The molecule has 43 heavy (non-hydrogen) atoms. The number of carboxylic acid groups (broad SMARTS) is 1. The number of hydroxylamine groups is 1. The number of thiazole rings is 1. The fourth-order valence-corrected chi connectivity index (χ4v) is 8.13. The van der Waals surface area contributed by atoms with E-state index < -0.39 is 42.3 Å². The number of pyridine rings is 1. The van der Waals surface area contributed by atoms with Gasteiger partial charge in [-0.3, -0.25) is 19.5 Å². The first-order valence-electron chi connectivity index (χ1n) is 12.1. The summed E-state index contributed by atoms with van der Waals surface area (Å²) in [5.74, 6) is -2.65. The van der Waals surface area contributed by atoms with Gasteiger partial charge in [-0.2, -0.15) is 9.85 Å². The van der Waals surface area contributed by atoms with Crippen molar-refractivity contribution in [1.29, 1.82) is 0 Å². The van der Waals surface area contributed by atoms with Crippen molar-refractivity contribution >= 4 is 72.2 Å². The molecule has 5 heterocycles. The number of β-lactam (4-membered cyclic amide) rings is 1. The average molecular weight is 687 g/mol. The fraction of sp³-hybridized carbons (Fsp3) is 0.318. The monoisotopic (exact) mass is 686 g/mol. The molecular weight excluding hydrogens is 664 g/mol. The number of carboxylic acids is 1. The molecule has 0 spiro atoms. The van der Waals surface area contributed by atoms with Gasteiger partial charge in [0.25, 0.3) is 0 Å². The number of carbonyl (C=O) groups is 2. The van der Waals surface area contributed by atoms with Crippen molar-refractivity contribution in [3.63, 3.8) is 0 Å². The van der Waals surface area contributed by atoms with Crippen LogP contribution in [0.25, 0.3) is 11.3 Å². The summed E-state index contributed by atoms with van der Waals surface area (Å²) in [6, 6.07) is 2.75. The van der Waals surface area contributed by atoms with E-state index in [1.54, 1.807) is 6.92 Å². The molecule has 2 unspecified atom stereocenters. The Labute approximate surface area is 260 Å². The van der Waals surface area contributed by atoms with E-state index in [-0.39, 0.29) is 29.6 Å². The fourth-order valence-electron chi connectivity index (χ4n) is 4.11. The van der Waals surface area contributed by atoms with Gasteiger partial charge >= 0.3 is 13.1 Å². The number of aliphatic carboxylic acids is 1. The minimum Gasteiger partial charge on any atom is -0.578 e. The van der Waals surface area contributed by atoms with E-state index in [2.05, 4.69) is 30.5 Å². The smallest absolute Gasteiger partial charge is 0.405 e. The molecule has 16 nitrogen and oxygen atoms in total. The summed E-state index contributed by atoms with van der Waals surface area (Å²) < 4.78 is 15.3. The van der Waals surface area contributed by atoms with Crippen LogP contribution >= 0.6 is 54.6 Å². The van der Waals surface area contributed by atoms with E-state index in [9.17, 15) is 24.7 Å². The summed E-state index contributed by atoms with van der Waals surface area (Å²) in [4.78, 5) is 59.5. The molecule has 228 valence electrons. The average Bonchev–Trinajstić information content (AvgIpc) is 3.61. The first kappa shape index (κ1) is 32.8. The van der Waals surface area contributed by atoms with Crippen LogP contribution in [0.15, 0.2) is 54.8 Å². The molecule has 2 aliphatic heterocycles. The van der Waals surface area contributed by atoms with Crippen molar-refractivity contribution in [2.75, 3.05) is 12.4 Å². The Morgan fingerprint density at radius 3 is 2.72 bits per heavy atom. The lowest BCUT2D eigenvalue weighted by molar-refractivity contribution is -0.671. The maximum atomic E-state index is 13.4. The molecule has 0 aliphatic carbocycles. The van der Waals surface area contributed by atoms with Crippen molar-refractivity contribution in [2.45, 2.75) is 22.7 Å². The van der Waals surface area contributed by atoms with Gasteiger partial charge in [-0.25, -0.2) is 9.55 Å². The van der Waals surface area contributed by atoms with Crippen molar-refractivity contribution in [3.8, 4) is 11.3 Å². The summed E-state index contributed by atoms with van der Waals surface area (Å²) in [6.45, 7) is 1.89. The van der Waals surface area contributed by atoms with Gasteiger partial charge in [0, 0.05) is 45.3 Å². The van der Waals surface area contributed by atoms with Gasteiger partial charge < -0.3 is 24.8 Å². The van der Waals surface area contributed by atoms with E-state index in [0.717, 1.165) is 16.2 Å². The number of oxime groups is 1. The van der Waals surface area contributed by atoms with Crippen LogP contribution in [0.2, 0.25) is 0 Å². The van der Waals surface area contributed by atoms with E-state index in [1.165, 1.54) is 34.9 Å². The number of fused-ring (bicyclic) bond motifs is 1. The Kier molecular flexibility index (Phi) is 11.2. The van der Waals surface area contributed by atoms with E-state index in [4.69, 9.17) is 14.3 Å². The second-order valence-corrected chi connectivity index (χ2v) is 13.2. The molecule has 3 aromatic heterocycles. The van der Waals surface area contributed by atoms with Crippen LogP contribution in [0.1, 0.15) is 12.7 Å². The lowest BCUT2D eigenvalue weighted by Gasteiger charge is -2.52. The molecule has 0 bridgehead atoms. The Hall–Kier alpha value is -3.07. The third-order valence-electron chi connectivity index (χ3n) is 5.90. The molecule has 0 aromatic carbocycles. The SMILES string of the molecule is CCO/N=C(/c1nsc(=O)[nH]1)C(NO)[C@@H]1C(=O)N2C(C(=O)[O-])=C(Sc3nc(-c4cc[n+](C)cc4)cs3)CS[C@H]12.N[P+](=O)[O-]. The highest BCUT2D eigenvalue weighted by molar-refractivity contribution is 8.07. The summed E-state index contributed by atoms with van der Waals surface area (Å²) in [5.41, 5.74) is 7.62. The van der Waals surface area contributed by atoms with Crippen molar-refractivity contribution in [2.24, 2.45) is 23.6 Å². The summed E-state index contributed by atoms with van der Waals surface area (Å²) >= 11 is 4.54. The first-order chi connectivity index (χ1) is 20.5. The third kappa shape index (κ3) is 7.54. The second kappa shape index (κ2) is 14.6. The number of hydrogen-bond acceptors (Lipinski definition) is 16. The van der Waals surface area contributed by atoms with Gasteiger partial charge in [-0.15, -0.1) is 28.6 Å². The second-order valence-electron chi connectivity index (χ2n) is 8.58. The maximum Gasteiger partial charge on any atom is 0.405 e. The molecular formula is C22H23N8O8PS4. The van der Waals surface area contributed by atoms with Crippen LogP contribution in [-0.4, -0.2) is 65.8 Å². The number of rotatable bonds is 10. The van der Waals surface area contributed by atoms with Crippen LogP contribution in [0.5, 0.6) is 0 Å². The van der Waals surface area contributed by atoms with E-state index in [0.29, 0.717) is 20.8 Å². The van der Waals surface area contributed by atoms with E-state index >= 15 is 0 Å². The number of nitrogens with zero attached hydrogens (tertiary/aromatic N) is 5. The Bertz CT molecular complexity index is 1620. The zero-order valence-electron chi connectivity index (χ0n) is 22.2. The predicted octanol–water partition coefficient (Wildman–Crippen LogP) is -0.885. The summed E-state index contributed by atoms with van der Waals surface area (Å²) in [5, 5.41) is 27.4. The summed E-state index contributed by atoms with van der Waals surface area (Å²) in [6.07, 6.45) is 3.82. The highest BCUT2D eigenvalue weighted by Crippen LogP contribution is 2.49. The van der Waals surface area contributed by atoms with Crippen molar-refractivity contribution in [1.82, 2.24) is 24.7 Å². The lowest BCUT2D eigenvalue weighted by Crippen LogP contribution is -2.68. The molecule has 1 saturated heterocycles. The number of hydrogen-bond donors (Lipinski definition) is 4. The topological polar surface area (TPSA) is 243 Å². The number of nitrogens with two attached hydrogens (primary N) is 1. The van der Waals surface area contributed by atoms with E-state index in [1.807, 2.05) is 41.5 Å². The van der Waals surface area contributed by atoms with Crippen LogP contribution < -0.4 is 30.4 Å². The van der Waals surface area contributed by atoms with Crippen LogP contribution in [0.4, 0.5) is 0 Å². The first-order valence-corrected chi connectivity index (χ1v) is 16.8. The molecule has 2 aliphatic rings. The van der Waals surface area contributed by atoms with Crippen molar-refractivity contribution in [3.05, 3.63) is 56.0 Å². The standard InChI is InChI=1S/C22H21N7O6S4.H2NO2P/c1-3-35-26-15(17-24-21(33)39-27-17)14(25-34)13-18(30)29-16(20(31)32)12(9-36-19(13)29)38-22-23-11(8-37-22)10-4-6-28(2)7-5-10;1-4(2)3/h4-8,13-14,19,25,34H,3,9H2,1-2H3,(H-,24,27,31,32,33);(H2,1,2,3)/b26-15+;/t13-,14?,19-;/m1./s1. The lowest BCUT2D eigenvalue weighted by atomic mass is 9.86. The minimum absolute atomic E-state index is 0.0141. The number of nitrogens with one attached hydrogen (secondary N) is 2. The van der Waals surface area contributed by atoms with Crippen LogP contribution in [0, 0.1) is 5.92 Å². The number of carbonyl (C=O) groups excluding carboxylic acids is 2. The minimum atomic E-state index is -2.62. The largest absolute Gasteiger partial charge is 0.578 e. The number of aromatic amines is 1. The molecule has 5 rings (SSSR count). The van der Waals surface area contributed by atoms with Gasteiger partial charge in [0.1, 0.15) is 19.4 Å². The quantitative estimate of drug-likeness (QED) is 0.0665. The summed E-state index contributed by atoms with van der Waals surface area (Å²) in [7, 11) is -0.703. The number of H-pyrrole nitrogens is 1. The number of aryl methyl sites for hydroxylation is 1. The van der Waals surface area contributed by atoms with Gasteiger partial charge in [-0.05, 0) is 6.92 Å². The highest BCUT2D eigenvalue weighted by Gasteiger charge is 2.57. The molecule has 5 N–H and O–H groups in total. The molecule has 3 aromatic rings. The van der Waals surface area contributed by atoms with Gasteiger partial charge in [0.15, 0.2) is 22.6 Å². The van der Waals surface area contributed by atoms with Crippen LogP contribution in [0.3, 0.4) is 0 Å². The third-order valence-corrected chi connectivity index (χ3v) is 9.95. The van der Waals surface area contributed by atoms with Gasteiger partial charge in [-0.1, -0.05) is 21.5 Å². The predicted molar refractivity (Wildman–Crippen MR) is 155 cm³/mol. The Morgan fingerprint density at radius 1 is 1.44 bits per heavy atom.